The molecule has 23 heavy (non-hydrogen) atoms. The topological polar surface area (TPSA) is 72.9 Å². The monoisotopic (exact) mass is 341 g/mol. The first-order valence-corrected chi connectivity index (χ1v) is 8.72. The molecule has 0 saturated carbocycles. The van der Waals surface area contributed by atoms with E-state index in [0.29, 0.717) is 12.1 Å². The normalized spacial score (nSPS) is 17.9. The number of carbonyl (C=O) groups is 1. The van der Waals surface area contributed by atoms with Gasteiger partial charge in [0.25, 0.3) is 0 Å². The Kier molecular flexibility index (Phi) is 5.64. The fourth-order valence-corrected chi connectivity index (χ4v) is 3.43. The van der Waals surface area contributed by atoms with Gasteiger partial charge in [0.15, 0.2) is 0 Å². The molecule has 1 aromatic carbocycles. The van der Waals surface area contributed by atoms with Gasteiger partial charge < -0.3 is 9.47 Å². The van der Waals surface area contributed by atoms with E-state index in [9.17, 15) is 13.2 Å². The summed E-state index contributed by atoms with van der Waals surface area (Å²) in [5.41, 5.74) is 1.14. The zero-order valence-electron chi connectivity index (χ0n) is 13.7. The van der Waals surface area contributed by atoms with Crippen molar-refractivity contribution in [2.24, 2.45) is 0 Å². The third-order valence-electron chi connectivity index (χ3n) is 3.46. The summed E-state index contributed by atoms with van der Waals surface area (Å²) < 4.78 is 35.2. The summed E-state index contributed by atoms with van der Waals surface area (Å²) in [6, 6.07) is 7.14. The first-order valence-electron chi connectivity index (χ1n) is 7.59. The number of para-hydroxylation sites is 1. The second kappa shape index (κ2) is 7.31. The lowest BCUT2D eigenvalue weighted by molar-refractivity contribution is -0.160. The summed E-state index contributed by atoms with van der Waals surface area (Å²) in [5.74, 6) is -0.452. The summed E-state index contributed by atoms with van der Waals surface area (Å²) in [6.45, 7) is 5.34. The molecule has 1 aliphatic heterocycles. The van der Waals surface area contributed by atoms with E-state index in [0.717, 1.165) is 12.0 Å². The Morgan fingerprint density at radius 2 is 2.00 bits per heavy atom. The number of carbonyl (C=O) groups excluding carboxylic acids is 1. The molecule has 0 amide bonds. The molecule has 0 aromatic heterocycles. The van der Waals surface area contributed by atoms with E-state index in [1.54, 1.807) is 26.8 Å². The summed E-state index contributed by atoms with van der Waals surface area (Å²) in [5, 5.41) is 0. The van der Waals surface area contributed by atoms with Crippen LogP contribution in [0.2, 0.25) is 0 Å². The van der Waals surface area contributed by atoms with Crippen LogP contribution in [0.15, 0.2) is 24.3 Å². The predicted octanol–water partition coefficient (Wildman–Crippen LogP) is 1.69. The van der Waals surface area contributed by atoms with Gasteiger partial charge in [0, 0.05) is 0 Å². The molecule has 0 spiro atoms. The number of fused-ring (bicyclic) bond motifs is 1. The molecule has 0 bridgehead atoms. The van der Waals surface area contributed by atoms with Gasteiger partial charge in [-0.15, -0.1) is 0 Å². The van der Waals surface area contributed by atoms with Gasteiger partial charge in [-0.1, -0.05) is 18.2 Å². The van der Waals surface area contributed by atoms with Gasteiger partial charge in [-0.3, -0.25) is 4.31 Å². The van der Waals surface area contributed by atoms with Crippen molar-refractivity contribution in [3.05, 3.63) is 29.8 Å². The smallest absolute Gasteiger partial charge is 0.332 e. The Bertz CT molecular complexity index is 628. The number of nitrogens with zero attached hydrogens (tertiary/aromatic N) is 1. The van der Waals surface area contributed by atoms with Crippen LogP contribution in [0.4, 0.5) is 5.69 Å². The number of hydrogen-bond donors (Lipinski definition) is 1. The molecule has 0 fully saturated rings. The van der Waals surface area contributed by atoms with Crippen LogP contribution < -0.4 is 4.31 Å². The minimum atomic E-state index is -2.76. The van der Waals surface area contributed by atoms with Crippen LogP contribution in [0.1, 0.15) is 32.8 Å². The number of hydrogen-bond acceptors (Lipinski definition) is 5. The van der Waals surface area contributed by atoms with Gasteiger partial charge in [0.1, 0.15) is 12.2 Å². The average Bonchev–Trinajstić information content (AvgIpc) is 2.44. The van der Waals surface area contributed by atoms with Crippen LogP contribution in [-0.2, 0) is 31.6 Å². The van der Waals surface area contributed by atoms with E-state index >= 15 is 0 Å². The predicted molar refractivity (Wildman–Crippen MR) is 88.0 cm³/mol. The van der Waals surface area contributed by atoms with E-state index in [1.165, 1.54) is 4.31 Å². The van der Waals surface area contributed by atoms with Crippen molar-refractivity contribution >= 4 is 22.5 Å². The molecule has 0 saturated heterocycles. The van der Waals surface area contributed by atoms with Crippen molar-refractivity contribution in [3.63, 3.8) is 0 Å². The SMILES string of the molecule is CC(C)(C)OC(=O)COCC1CCc2ccccc2N1[SH](=O)=O. The minimum absolute atomic E-state index is 0.164. The van der Waals surface area contributed by atoms with Crippen molar-refractivity contribution in [3.8, 4) is 0 Å². The van der Waals surface area contributed by atoms with E-state index in [4.69, 9.17) is 9.47 Å². The number of aryl methyl sites for hydroxylation is 1. The van der Waals surface area contributed by atoms with E-state index in [-0.39, 0.29) is 19.3 Å². The fraction of sp³-hybridized carbons (Fsp3) is 0.562. The van der Waals surface area contributed by atoms with Crippen molar-refractivity contribution in [1.82, 2.24) is 0 Å². The second-order valence-corrected chi connectivity index (χ2v) is 7.41. The van der Waals surface area contributed by atoms with E-state index in [2.05, 4.69) is 0 Å². The van der Waals surface area contributed by atoms with Gasteiger partial charge in [0.2, 0.25) is 10.9 Å². The molecule has 0 aliphatic carbocycles. The summed E-state index contributed by atoms with van der Waals surface area (Å²) in [6.07, 6.45) is 1.45. The molecular formula is C16H23NO5S. The van der Waals surface area contributed by atoms with Crippen LogP contribution in [0.3, 0.4) is 0 Å². The van der Waals surface area contributed by atoms with Crippen LogP contribution in [-0.4, -0.2) is 39.2 Å². The zero-order valence-corrected chi connectivity index (χ0v) is 14.5. The average molecular weight is 341 g/mol. The molecular weight excluding hydrogens is 318 g/mol. The van der Waals surface area contributed by atoms with Crippen LogP contribution >= 0.6 is 0 Å². The number of thiol groups is 1. The molecule has 0 radical (unpaired) electrons. The van der Waals surface area contributed by atoms with Crippen molar-refractivity contribution in [2.45, 2.75) is 45.3 Å². The number of esters is 1. The molecule has 1 heterocycles. The zero-order chi connectivity index (χ0) is 17.0. The third kappa shape index (κ3) is 4.94. The van der Waals surface area contributed by atoms with Crippen molar-refractivity contribution in [2.75, 3.05) is 17.5 Å². The maximum atomic E-state index is 11.6. The first-order chi connectivity index (χ1) is 10.8. The Labute approximate surface area is 138 Å². The Hall–Kier alpha value is -1.60. The second-order valence-electron chi connectivity index (χ2n) is 6.51. The number of ether oxygens (including phenoxy) is 2. The summed E-state index contributed by atoms with van der Waals surface area (Å²) >= 11 is 0. The maximum absolute atomic E-state index is 11.6. The highest BCUT2D eigenvalue weighted by Gasteiger charge is 2.28. The standard InChI is InChI=1S/C16H23NO5S/c1-16(2,3)22-15(18)11-21-10-13-9-8-12-6-4-5-7-14(12)17(13)23(19)20/h4-7,13,23H,8-11H2,1-3H3. The third-order valence-corrected chi connectivity index (χ3v) is 4.35. The number of rotatable bonds is 5. The molecule has 7 heteroatoms. The van der Waals surface area contributed by atoms with Crippen molar-refractivity contribution < 1.29 is 22.7 Å². The van der Waals surface area contributed by atoms with Crippen molar-refractivity contribution in [1.29, 1.82) is 0 Å². The van der Waals surface area contributed by atoms with Crippen LogP contribution in [0.5, 0.6) is 0 Å². The molecule has 128 valence electrons. The molecule has 6 nitrogen and oxygen atoms in total. The highest BCUT2D eigenvalue weighted by Crippen LogP contribution is 2.30. The number of anilines is 1. The Morgan fingerprint density at radius 3 is 2.65 bits per heavy atom. The quantitative estimate of drug-likeness (QED) is 0.652. The maximum Gasteiger partial charge on any atom is 0.332 e. The lowest BCUT2D eigenvalue weighted by Gasteiger charge is -2.34. The summed E-state index contributed by atoms with van der Waals surface area (Å²) in [7, 11) is -2.76. The molecule has 1 unspecified atom stereocenters. The van der Waals surface area contributed by atoms with E-state index < -0.39 is 22.5 Å². The van der Waals surface area contributed by atoms with E-state index in [1.807, 2.05) is 18.2 Å². The van der Waals surface area contributed by atoms with Gasteiger partial charge in [0.05, 0.1) is 18.3 Å². The van der Waals surface area contributed by atoms with Gasteiger partial charge in [-0.2, -0.15) is 0 Å². The van der Waals surface area contributed by atoms with Crippen LogP contribution in [0, 0.1) is 0 Å². The lowest BCUT2D eigenvalue weighted by Crippen LogP contribution is -2.41. The highest BCUT2D eigenvalue weighted by molar-refractivity contribution is 7.74. The molecule has 1 atom stereocenters. The lowest BCUT2D eigenvalue weighted by atomic mass is 9.98. The molecule has 1 aliphatic rings. The Morgan fingerprint density at radius 1 is 1.30 bits per heavy atom. The fourth-order valence-electron chi connectivity index (χ4n) is 2.61. The summed E-state index contributed by atoms with van der Waals surface area (Å²) in [4.78, 5) is 11.6. The van der Waals surface area contributed by atoms with Gasteiger partial charge in [-0.25, -0.2) is 13.2 Å². The molecule has 0 N–H and O–H groups in total. The van der Waals surface area contributed by atoms with Gasteiger partial charge >= 0.3 is 5.97 Å². The Balaban J connectivity index is 1.97. The number of benzene rings is 1. The highest BCUT2D eigenvalue weighted by atomic mass is 32.2. The van der Waals surface area contributed by atoms with Gasteiger partial charge in [-0.05, 0) is 45.2 Å². The molecule has 2 rings (SSSR count). The van der Waals surface area contributed by atoms with Crippen LogP contribution in [0.25, 0.3) is 0 Å². The minimum Gasteiger partial charge on any atom is -0.458 e. The molecule has 1 aromatic rings. The first kappa shape index (κ1) is 17.7. The largest absolute Gasteiger partial charge is 0.458 e.